The number of amides is 1. The molecule has 110 valence electrons. The second kappa shape index (κ2) is 5.59. The van der Waals surface area contributed by atoms with Crippen LogP contribution in [0.3, 0.4) is 0 Å². The van der Waals surface area contributed by atoms with Gasteiger partial charge in [-0.3, -0.25) is 14.5 Å². The molecule has 0 aromatic carbocycles. The van der Waals surface area contributed by atoms with Crippen molar-refractivity contribution < 1.29 is 13.6 Å². The number of nitrogens with one attached hydrogen (secondary N) is 1. The monoisotopic (exact) mass is 292 g/mol. The minimum atomic E-state index is -2.64. The van der Waals surface area contributed by atoms with E-state index in [0.717, 1.165) is 17.5 Å². The molecule has 0 radical (unpaired) electrons. The molecule has 7 heteroatoms. The third-order valence-electron chi connectivity index (χ3n) is 3.31. The van der Waals surface area contributed by atoms with Crippen LogP contribution in [0.5, 0.6) is 0 Å². The number of hydrogen-bond donors (Lipinski definition) is 1. The predicted octanol–water partition coefficient (Wildman–Crippen LogP) is 2.73. The average Bonchev–Trinajstić information content (AvgIpc) is 3.21. The summed E-state index contributed by atoms with van der Waals surface area (Å²) in [6.45, 7) is -0.227. The summed E-state index contributed by atoms with van der Waals surface area (Å²) in [6, 6.07) is 4.66. The lowest BCUT2D eigenvalue weighted by Gasteiger charge is -2.07. The molecule has 1 fully saturated rings. The van der Waals surface area contributed by atoms with Crippen LogP contribution in [0.4, 0.5) is 14.5 Å². The van der Waals surface area contributed by atoms with Gasteiger partial charge in [0.1, 0.15) is 12.2 Å². The maximum absolute atomic E-state index is 13.0. The van der Waals surface area contributed by atoms with Crippen LogP contribution in [0.1, 0.15) is 36.6 Å². The van der Waals surface area contributed by atoms with Crippen LogP contribution in [-0.2, 0) is 11.3 Å². The van der Waals surface area contributed by atoms with E-state index < -0.39 is 12.3 Å². The van der Waals surface area contributed by atoms with Gasteiger partial charge < -0.3 is 5.32 Å². The Bertz CT molecular complexity index is 638. The van der Waals surface area contributed by atoms with Gasteiger partial charge in [0.25, 0.3) is 6.43 Å². The Kier molecular flexibility index (Phi) is 3.64. The first-order valence-corrected chi connectivity index (χ1v) is 6.69. The largest absolute Gasteiger partial charge is 0.324 e. The van der Waals surface area contributed by atoms with Crippen LogP contribution in [0.2, 0.25) is 0 Å². The smallest absolute Gasteiger partial charge is 0.280 e. The van der Waals surface area contributed by atoms with Gasteiger partial charge in [-0.1, -0.05) is 0 Å². The molecule has 1 amide bonds. The zero-order valence-corrected chi connectivity index (χ0v) is 11.2. The Morgan fingerprint density at radius 1 is 1.38 bits per heavy atom. The number of halogens is 2. The Labute approximate surface area is 120 Å². The summed E-state index contributed by atoms with van der Waals surface area (Å²) in [4.78, 5) is 15.7. The summed E-state index contributed by atoms with van der Waals surface area (Å²) in [5.41, 5.74) is 1.02. The molecule has 3 rings (SSSR count). The van der Waals surface area contributed by atoms with Crippen LogP contribution in [0, 0.1) is 0 Å². The summed E-state index contributed by atoms with van der Waals surface area (Å²) < 4.78 is 27.1. The number of carbonyl (C=O) groups is 1. The number of alkyl halides is 2. The number of rotatable bonds is 5. The summed E-state index contributed by atoms with van der Waals surface area (Å²) in [7, 11) is 0. The van der Waals surface area contributed by atoms with E-state index in [4.69, 9.17) is 0 Å². The van der Waals surface area contributed by atoms with Crippen molar-refractivity contribution in [3.8, 4) is 0 Å². The van der Waals surface area contributed by atoms with Crippen LogP contribution in [0.15, 0.2) is 30.6 Å². The van der Waals surface area contributed by atoms with E-state index in [9.17, 15) is 13.6 Å². The molecule has 0 bridgehead atoms. The summed E-state index contributed by atoms with van der Waals surface area (Å²) >= 11 is 0. The van der Waals surface area contributed by atoms with Gasteiger partial charge in [-0.15, -0.1) is 0 Å². The van der Waals surface area contributed by atoms with Gasteiger partial charge in [0.15, 0.2) is 0 Å². The van der Waals surface area contributed by atoms with Crippen LogP contribution < -0.4 is 5.32 Å². The predicted molar refractivity (Wildman–Crippen MR) is 72.0 cm³/mol. The fourth-order valence-electron chi connectivity index (χ4n) is 2.10. The van der Waals surface area contributed by atoms with E-state index in [0.29, 0.717) is 11.4 Å². The zero-order valence-electron chi connectivity index (χ0n) is 11.2. The van der Waals surface area contributed by atoms with Gasteiger partial charge in [-0.05, 0) is 31.0 Å². The maximum Gasteiger partial charge on any atom is 0.280 e. The van der Waals surface area contributed by atoms with Crippen molar-refractivity contribution in [1.82, 2.24) is 14.8 Å². The van der Waals surface area contributed by atoms with Gasteiger partial charge in [-0.2, -0.15) is 5.10 Å². The van der Waals surface area contributed by atoms with Gasteiger partial charge in [0, 0.05) is 24.0 Å². The fourth-order valence-corrected chi connectivity index (χ4v) is 2.10. The lowest BCUT2D eigenvalue weighted by Crippen LogP contribution is -2.21. The highest BCUT2D eigenvalue weighted by Gasteiger charge is 2.29. The van der Waals surface area contributed by atoms with Crippen molar-refractivity contribution in [2.24, 2.45) is 0 Å². The van der Waals surface area contributed by atoms with Crippen molar-refractivity contribution in [1.29, 1.82) is 0 Å². The fraction of sp³-hybridized carbons (Fsp3) is 0.357. The molecule has 1 aliphatic rings. The third kappa shape index (κ3) is 3.24. The standard InChI is InChI=1S/C14H14F2N4O/c15-14(16)12-7-11(9-1-2-9)19-20(12)8-13(21)18-10-3-5-17-6-4-10/h3-7,9,14H,1-2,8H2,(H,17,18,21). The summed E-state index contributed by atoms with van der Waals surface area (Å²) in [6.07, 6.45) is 2.39. The van der Waals surface area contributed by atoms with Crippen molar-refractivity contribution in [2.75, 3.05) is 5.32 Å². The molecule has 0 saturated heterocycles. The molecule has 0 unspecified atom stereocenters. The molecular weight excluding hydrogens is 278 g/mol. The van der Waals surface area contributed by atoms with Crippen molar-refractivity contribution >= 4 is 11.6 Å². The summed E-state index contributed by atoms with van der Waals surface area (Å²) in [5.74, 6) is -0.124. The SMILES string of the molecule is O=C(Cn1nc(C2CC2)cc1C(F)F)Nc1ccncc1. The topological polar surface area (TPSA) is 59.8 Å². The van der Waals surface area contributed by atoms with Crippen LogP contribution in [0.25, 0.3) is 0 Å². The number of carbonyl (C=O) groups excluding carboxylic acids is 1. The minimum Gasteiger partial charge on any atom is -0.324 e. The van der Waals surface area contributed by atoms with Crippen molar-refractivity contribution in [3.05, 3.63) is 42.0 Å². The molecule has 2 heterocycles. The molecule has 5 nitrogen and oxygen atoms in total. The first-order chi connectivity index (χ1) is 10.1. The number of pyridine rings is 1. The first kappa shape index (κ1) is 13.7. The molecule has 1 aliphatic carbocycles. The van der Waals surface area contributed by atoms with Gasteiger partial charge in [0.05, 0.1) is 5.69 Å². The number of hydrogen-bond acceptors (Lipinski definition) is 3. The van der Waals surface area contributed by atoms with Gasteiger partial charge >= 0.3 is 0 Å². The molecule has 1 N–H and O–H groups in total. The van der Waals surface area contributed by atoms with E-state index >= 15 is 0 Å². The molecule has 21 heavy (non-hydrogen) atoms. The molecule has 2 aromatic rings. The van der Waals surface area contributed by atoms with Crippen molar-refractivity contribution in [3.63, 3.8) is 0 Å². The highest BCUT2D eigenvalue weighted by atomic mass is 19.3. The lowest BCUT2D eigenvalue weighted by atomic mass is 10.3. The van der Waals surface area contributed by atoms with E-state index in [-0.39, 0.29) is 18.2 Å². The number of anilines is 1. The highest BCUT2D eigenvalue weighted by Crippen LogP contribution is 2.40. The third-order valence-corrected chi connectivity index (χ3v) is 3.31. The number of nitrogens with zero attached hydrogens (tertiary/aromatic N) is 3. The second-order valence-corrected chi connectivity index (χ2v) is 5.01. The average molecular weight is 292 g/mol. The minimum absolute atomic E-state index is 0.207. The molecule has 1 saturated carbocycles. The molecule has 2 aromatic heterocycles. The Balaban J connectivity index is 1.72. The first-order valence-electron chi connectivity index (χ1n) is 6.69. The van der Waals surface area contributed by atoms with Crippen molar-refractivity contribution in [2.45, 2.75) is 31.7 Å². The lowest BCUT2D eigenvalue weighted by molar-refractivity contribution is -0.117. The normalized spacial score (nSPS) is 14.4. The van der Waals surface area contributed by atoms with E-state index in [1.54, 1.807) is 24.5 Å². The maximum atomic E-state index is 13.0. The number of aromatic nitrogens is 3. The zero-order chi connectivity index (χ0) is 14.8. The second-order valence-electron chi connectivity index (χ2n) is 5.01. The van der Waals surface area contributed by atoms with E-state index in [2.05, 4.69) is 15.4 Å². The van der Waals surface area contributed by atoms with Crippen LogP contribution >= 0.6 is 0 Å². The van der Waals surface area contributed by atoms with Gasteiger partial charge in [0.2, 0.25) is 5.91 Å². The molecule has 0 atom stereocenters. The van der Waals surface area contributed by atoms with E-state index in [1.165, 1.54) is 6.07 Å². The Morgan fingerprint density at radius 3 is 2.71 bits per heavy atom. The molecule has 0 spiro atoms. The van der Waals surface area contributed by atoms with E-state index in [1.807, 2.05) is 0 Å². The molecular formula is C14H14F2N4O. The molecule has 0 aliphatic heterocycles. The van der Waals surface area contributed by atoms with Gasteiger partial charge in [-0.25, -0.2) is 8.78 Å². The highest BCUT2D eigenvalue weighted by molar-refractivity contribution is 5.90. The summed E-state index contributed by atoms with van der Waals surface area (Å²) in [5, 5.41) is 6.76. The Morgan fingerprint density at radius 2 is 2.10 bits per heavy atom. The Hall–Kier alpha value is -2.31. The van der Waals surface area contributed by atoms with Crippen LogP contribution in [-0.4, -0.2) is 20.7 Å². The quantitative estimate of drug-likeness (QED) is 0.921.